The first-order valence-electron chi connectivity index (χ1n) is 8.87. The summed E-state index contributed by atoms with van der Waals surface area (Å²) in [5, 5.41) is 0. The Bertz CT molecular complexity index is 478. The van der Waals surface area contributed by atoms with Gasteiger partial charge < -0.3 is 14.4 Å². The lowest BCUT2D eigenvalue weighted by Crippen LogP contribution is -2.37. The van der Waals surface area contributed by atoms with Crippen molar-refractivity contribution < 1.29 is 9.47 Å². The van der Waals surface area contributed by atoms with Crippen molar-refractivity contribution in [2.75, 3.05) is 40.4 Å². The van der Waals surface area contributed by atoms with Gasteiger partial charge in [-0.3, -0.25) is 4.90 Å². The van der Waals surface area contributed by atoms with Crippen LogP contribution in [0.1, 0.15) is 38.7 Å². The highest BCUT2D eigenvalue weighted by molar-refractivity contribution is 5.46. The third kappa shape index (κ3) is 5.11. The Morgan fingerprint density at radius 3 is 2.83 bits per heavy atom. The molecule has 1 unspecified atom stereocenters. The van der Waals surface area contributed by atoms with Gasteiger partial charge in [0.15, 0.2) is 11.5 Å². The fourth-order valence-electron chi connectivity index (χ4n) is 3.20. The van der Waals surface area contributed by atoms with E-state index in [9.17, 15) is 0 Å². The number of methoxy groups -OCH3 is 1. The summed E-state index contributed by atoms with van der Waals surface area (Å²) in [5.41, 5.74) is 1.23. The van der Waals surface area contributed by atoms with Gasteiger partial charge in [-0.1, -0.05) is 25.5 Å². The number of rotatable bonds is 7. The topological polar surface area (TPSA) is 24.9 Å². The molecule has 130 valence electrons. The zero-order chi connectivity index (χ0) is 16.7. The molecule has 0 N–H and O–H groups in total. The Hall–Kier alpha value is -1.26. The van der Waals surface area contributed by atoms with Crippen molar-refractivity contribution >= 4 is 0 Å². The third-order valence-corrected chi connectivity index (χ3v) is 4.58. The molecule has 1 aromatic rings. The summed E-state index contributed by atoms with van der Waals surface area (Å²) in [7, 11) is 3.93. The minimum absolute atomic E-state index is 0.553. The molecule has 1 saturated heterocycles. The van der Waals surface area contributed by atoms with Crippen LogP contribution < -0.4 is 9.47 Å². The molecule has 1 heterocycles. The van der Waals surface area contributed by atoms with E-state index < -0.39 is 0 Å². The third-order valence-electron chi connectivity index (χ3n) is 4.58. The molecule has 1 aliphatic heterocycles. The Morgan fingerprint density at radius 1 is 1.26 bits per heavy atom. The summed E-state index contributed by atoms with van der Waals surface area (Å²) in [4.78, 5) is 4.99. The van der Waals surface area contributed by atoms with Gasteiger partial charge >= 0.3 is 0 Å². The molecular weight excluding hydrogens is 288 g/mol. The van der Waals surface area contributed by atoms with Crippen molar-refractivity contribution in [2.45, 2.75) is 45.7 Å². The molecule has 23 heavy (non-hydrogen) atoms. The average Bonchev–Trinajstić information content (AvgIpc) is 2.69. The number of para-hydroxylation sites is 1. The Morgan fingerprint density at radius 2 is 2.09 bits per heavy atom. The number of likely N-dealkylation sites (N-methyl/N-ethyl adjacent to an activating group) is 1. The van der Waals surface area contributed by atoms with E-state index in [0.29, 0.717) is 6.04 Å². The molecule has 1 atom stereocenters. The maximum atomic E-state index is 6.07. The van der Waals surface area contributed by atoms with E-state index in [2.05, 4.69) is 42.8 Å². The van der Waals surface area contributed by atoms with Crippen molar-refractivity contribution in [1.82, 2.24) is 9.80 Å². The number of benzene rings is 1. The second-order valence-corrected chi connectivity index (χ2v) is 6.59. The number of hydrogen-bond donors (Lipinski definition) is 0. The summed E-state index contributed by atoms with van der Waals surface area (Å²) in [5.74, 6) is 1.77. The van der Waals surface area contributed by atoms with Gasteiger partial charge in [-0.2, -0.15) is 0 Å². The first kappa shape index (κ1) is 18.1. The van der Waals surface area contributed by atoms with Crippen LogP contribution in [0.5, 0.6) is 11.5 Å². The van der Waals surface area contributed by atoms with Crippen LogP contribution >= 0.6 is 0 Å². The number of nitrogens with zero attached hydrogens (tertiary/aromatic N) is 2. The molecule has 4 nitrogen and oxygen atoms in total. The smallest absolute Gasteiger partial charge is 0.165 e. The minimum Gasteiger partial charge on any atom is -0.493 e. The van der Waals surface area contributed by atoms with Crippen LogP contribution in [0.4, 0.5) is 0 Å². The standard InChI is InChI=1S/C19H32N2O2/c1-5-6-13-23-19-17(9-7-10-18(19)22-4)15-21-12-8-11-20(3)14-16(21)2/h7,9-10,16H,5-6,8,11-15H2,1-4H3. The van der Waals surface area contributed by atoms with Gasteiger partial charge in [0.25, 0.3) is 0 Å². The molecular formula is C19H32N2O2. The van der Waals surface area contributed by atoms with Crippen molar-refractivity contribution in [3.05, 3.63) is 23.8 Å². The highest BCUT2D eigenvalue weighted by atomic mass is 16.5. The largest absolute Gasteiger partial charge is 0.493 e. The van der Waals surface area contributed by atoms with Crippen molar-refractivity contribution in [2.24, 2.45) is 0 Å². The molecule has 0 spiro atoms. The maximum Gasteiger partial charge on any atom is 0.165 e. The fourth-order valence-corrected chi connectivity index (χ4v) is 3.20. The molecule has 1 aromatic carbocycles. The van der Waals surface area contributed by atoms with E-state index in [1.54, 1.807) is 7.11 Å². The SMILES string of the molecule is CCCCOc1c(CN2CCCN(C)CC2C)cccc1OC. The predicted molar refractivity (Wildman–Crippen MR) is 95.4 cm³/mol. The zero-order valence-corrected chi connectivity index (χ0v) is 15.2. The molecule has 0 aromatic heterocycles. The highest BCUT2D eigenvalue weighted by Crippen LogP contribution is 2.32. The van der Waals surface area contributed by atoms with E-state index in [1.807, 2.05) is 6.07 Å². The number of unbranched alkanes of at least 4 members (excludes halogenated alkanes) is 1. The maximum absolute atomic E-state index is 6.07. The predicted octanol–water partition coefficient (Wildman–Crippen LogP) is 3.40. The quantitative estimate of drug-likeness (QED) is 0.719. The van der Waals surface area contributed by atoms with Gasteiger partial charge in [0.2, 0.25) is 0 Å². The Kier molecular flexibility index (Phi) is 7.18. The summed E-state index contributed by atoms with van der Waals surface area (Å²) >= 11 is 0. The van der Waals surface area contributed by atoms with Gasteiger partial charge in [0, 0.05) is 31.2 Å². The van der Waals surface area contributed by atoms with E-state index in [0.717, 1.165) is 50.6 Å². The van der Waals surface area contributed by atoms with Crippen molar-refractivity contribution in [3.63, 3.8) is 0 Å². The van der Waals surface area contributed by atoms with Crippen LogP contribution in [0.2, 0.25) is 0 Å². The van der Waals surface area contributed by atoms with Gasteiger partial charge in [-0.15, -0.1) is 0 Å². The Labute approximate surface area is 141 Å². The zero-order valence-electron chi connectivity index (χ0n) is 15.2. The highest BCUT2D eigenvalue weighted by Gasteiger charge is 2.21. The van der Waals surface area contributed by atoms with Crippen LogP contribution in [0.25, 0.3) is 0 Å². The number of ether oxygens (including phenoxy) is 2. The minimum atomic E-state index is 0.553. The van der Waals surface area contributed by atoms with Crippen LogP contribution in [-0.2, 0) is 6.54 Å². The van der Waals surface area contributed by atoms with Gasteiger partial charge in [0.05, 0.1) is 13.7 Å². The summed E-state index contributed by atoms with van der Waals surface area (Å²) in [6, 6.07) is 6.78. The monoisotopic (exact) mass is 320 g/mol. The normalized spacial score (nSPS) is 20.3. The average molecular weight is 320 g/mol. The molecule has 0 saturated carbocycles. The second kappa shape index (κ2) is 9.14. The molecule has 1 aliphatic rings. The van der Waals surface area contributed by atoms with Crippen LogP contribution in [-0.4, -0.2) is 56.2 Å². The van der Waals surface area contributed by atoms with Crippen LogP contribution in [0.3, 0.4) is 0 Å². The molecule has 0 amide bonds. The van der Waals surface area contributed by atoms with Crippen molar-refractivity contribution in [3.8, 4) is 11.5 Å². The first-order chi connectivity index (χ1) is 11.2. The first-order valence-corrected chi connectivity index (χ1v) is 8.87. The lowest BCUT2D eigenvalue weighted by Gasteiger charge is -2.28. The van der Waals surface area contributed by atoms with E-state index >= 15 is 0 Å². The summed E-state index contributed by atoms with van der Waals surface area (Å²) in [6.45, 7) is 9.61. The second-order valence-electron chi connectivity index (χ2n) is 6.59. The van der Waals surface area contributed by atoms with E-state index in [-0.39, 0.29) is 0 Å². The molecule has 1 fully saturated rings. The molecule has 0 bridgehead atoms. The molecule has 4 heteroatoms. The number of hydrogen-bond acceptors (Lipinski definition) is 4. The van der Waals surface area contributed by atoms with E-state index in [4.69, 9.17) is 9.47 Å². The Balaban J connectivity index is 2.14. The van der Waals surface area contributed by atoms with Crippen molar-refractivity contribution in [1.29, 1.82) is 0 Å². The van der Waals surface area contributed by atoms with Gasteiger partial charge in [-0.25, -0.2) is 0 Å². The fraction of sp³-hybridized carbons (Fsp3) is 0.684. The summed E-state index contributed by atoms with van der Waals surface area (Å²) < 4.78 is 11.6. The lowest BCUT2D eigenvalue weighted by molar-refractivity contribution is 0.190. The van der Waals surface area contributed by atoms with Gasteiger partial charge in [0.1, 0.15) is 0 Å². The summed E-state index contributed by atoms with van der Waals surface area (Å²) in [6.07, 6.45) is 3.43. The van der Waals surface area contributed by atoms with Crippen LogP contribution in [0.15, 0.2) is 18.2 Å². The van der Waals surface area contributed by atoms with Gasteiger partial charge in [-0.05, 0) is 39.4 Å². The lowest BCUT2D eigenvalue weighted by atomic mass is 10.1. The molecule has 0 radical (unpaired) electrons. The molecule has 2 rings (SSSR count). The molecule has 0 aliphatic carbocycles. The van der Waals surface area contributed by atoms with E-state index in [1.165, 1.54) is 18.5 Å². The van der Waals surface area contributed by atoms with Crippen LogP contribution in [0, 0.1) is 0 Å².